The Bertz CT molecular complexity index is 1170. The van der Waals surface area contributed by atoms with Gasteiger partial charge < -0.3 is 14.4 Å². The molecule has 2 aliphatic heterocycles. The van der Waals surface area contributed by atoms with Crippen molar-refractivity contribution < 1.29 is 19.1 Å². The smallest absolute Gasteiger partial charge is 0.262 e. The molecule has 2 amide bonds. The summed E-state index contributed by atoms with van der Waals surface area (Å²) in [7, 11) is 0. The molecule has 0 spiro atoms. The van der Waals surface area contributed by atoms with Crippen molar-refractivity contribution in [2.24, 2.45) is 0 Å². The van der Waals surface area contributed by atoms with Crippen LogP contribution in [0.5, 0.6) is 5.75 Å². The van der Waals surface area contributed by atoms with Crippen molar-refractivity contribution in [2.45, 2.75) is 33.1 Å². The number of imide groups is 1. The maximum absolute atomic E-state index is 13.2. The van der Waals surface area contributed by atoms with Crippen molar-refractivity contribution in [3.05, 3.63) is 40.5 Å². The van der Waals surface area contributed by atoms with Crippen LogP contribution in [0.15, 0.2) is 22.6 Å². The topological polar surface area (TPSA) is 74.0 Å². The zero-order valence-electron chi connectivity index (χ0n) is 16.7. The van der Waals surface area contributed by atoms with Crippen LogP contribution in [0.1, 0.15) is 51.1 Å². The van der Waals surface area contributed by atoms with Gasteiger partial charge in [0.05, 0.1) is 11.1 Å². The number of likely N-dealkylation sites (tertiary alicyclic amines) is 1. The fraction of sp³-hybridized carbons (Fsp3) is 0.391. The number of aryl methyl sites for hydroxylation is 2. The molecule has 3 aromatic rings. The van der Waals surface area contributed by atoms with Crippen LogP contribution >= 0.6 is 0 Å². The molecule has 5 rings (SSSR count). The van der Waals surface area contributed by atoms with Crippen molar-refractivity contribution >= 4 is 33.8 Å². The molecule has 150 valence electrons. The van der Waals surface area contributed by atoms with E-state index in [1.165, 1.54) is 24.2 Å². The predicted octanol–water partition coefficient (Wildman–Crippen LogP) is 3.99. The van der Waals surface area contributed by atoms with Gasteiger partial charge >= 0.3 is 0 Å². The lowest BCUT2D eigenvalue weighted by Gasteiger charge is -2.27. The van der Waals surface area contributed by atoms with Crippen molar-refractivity contribution in [1.82, 2.24) is 9.80 Å². The van der Waals surface area contributed by atoms with E-state index in [2.05, 4.69) is 4.90 Å². The minimum Gasteiger partial charge on any atom is -0.508 e. The number of phenolic OH excluding ortho intramolecular Hbond substituents is 1. The lowest BCUT2D eigenvalue weighted by Crippen LogP contribution is -2.40. The fourth-order valence-corrected chi connectivity index (χ4v) is 4.86. The summed E-state index contributed by atoms with van der Waals surface area (Å²) in [6.45, 7) is 6.89. The van der Waals surface area contributed by atoms with Crippen molar-refractivity contribution in [3.8, 4) is 5.75 Å². The summed E-state index contributed by atoms with van der Waals surface area (Å²) in [5.41, 5.74) is 3.61. The van der Waals surface area contributed by atoms with Crippen LogP contribution in [0.3, 0.4) is 0 Å². The third-order valence-electron chi connectivity index (χ3n) is 6.39. The summed E-state index contributed by atoms with van der Waals surface area (Å²) in [4.78, 5) is 30.1. The molecule has 1 N–H and O–H groups in total. The SMILES string of the molecule is Cc1c2c(c(C)c3c1oc1ccc(O)cc13)C(=O)N(CCN1CCCCC1)C2=O. The van der Waals surface area contributed by atoms with E-state index in [1.54, 1.807) is 18.2 Å². The highest BCUT2D eigenvalue weighted by Gasteiger charge is 2.40. The fourth-order valence-electron chi connectivity index (χ4n) is 4.86. The van der Waals surface area contributed by atoms with Gasteiger partial charge in [0.1, 0.15) is 16.9 Å². The highest BCUT2D eigenvalue weighted by Crippen LogP contribution is 2.41. The highest BCUT2D eigenvalue weighted by molar-refractivity contribution is 6.26. The molecular formula is C23H24N2O4. The first kappa shape index (κ1) is 18.2. The zero-order valence-corrected chi connectivity index (χ0v) is 16.7. The Morgan fingerprint density at radius 1 is 0.966 bits per heavy atom. The number of piperidine rings is 1. The molecule has 6 nitrogen and oxygen atoms in total. The van der Waals surface area contributed by atoms with E-state index in [9.17, 15) is 14.7 Å². The summed E-state index contributed by atoms with van der Waals surface area (Å²) in [6, 6.07) is 4.93. The van der Waals surface area contributed by atoms with Gasteiger partial charge in [0.15, 0.2) is 0 Å². The maximum Gasteiger partial charge on any atom is 0.262 e. The number of phenols is 1. The van der Waals surface area contributed by atoms with E-state index in [4.69, 9.17) is 4.42 Å². The number of nitrogens with zero attached hydrogens (tertiary/aromatic N) is 2. The summed E-state index contributed by atoms with van der Waals surface area (Å²) >= 11 is 0. The second-order valence-corrected chi connectivity index (χ2v) is 8.15. The van der Waals surface area contributed by atoms with Gasteiger partial charge in [-0.15, -0.1) is 0 Å². The average molecular weight is 392 g/mol. The predicted molar refractivity (Wildman–Crippen MR) is 111 cm³/mol. The van der Waals surface area contributed by atoms with Gasteiger partial charge in [0, 0.05) is 29.4 Å². The van der Waals surface area contributed by atoms with Crippen LogP contribution in [0, 0.1) is 13.8 Å². The number of benzene rings is 2. The molecule has 3 heterocycles. The number of carbonyl (C=O) groups excluding carboxylic acids is 2. The summed E-state index contributed by atoms with van der Waals surface area (Å²) in [5, 5.41) is 11.5. The molecule has 0 unspecified atom stereocenters. The van der Waals surface area contributed by atoms with E-state index in [1.807, 2.05) is 13.8 Å². The lowest BCUT2D eigenvalue weighted by molar-refractivity contribution is 0.0631. The van der Waals surface area contributed by atoms with Crippen LogP contribution < -0.4 is 0 Å². The minimum absolute atomic E-state index is 0.142. The molecule has 0 radical (unpaired) electrons. The number of rotatable bonds is 3. The number of hydrogen-bond acceptors (Lipinski definition) is 5. The minimum atomic E-state index is -0.229. The first-order valence-corrected chi connectivity index (χ1v) is 10.2. The van der Waals surface area contributed by atoms with Crippen molar-refractivity contribution in [3.63, 3.8) is 0 Å². The van der Waals surface area contributed by atoms with Gasteiger partial charge in [0.2, 0.25) is 0 Å². The Balaban J connectivity index is 1.58. The quantitative estimate of drug-likeness (QED) is 0.682. The Labute approximate surface area is 168 Å². The van der Waals surface area contributed by atoms with Gasteiger partial charge in [-0.05, 0) is 63.5 Å². The third kappa shape index (κ3) is 2.66. The van der Waals surface area contributed by atoms with Gasteiger partial charge in [-0.3, -0.25) is 14.5 Å². The standard InChI is InChI=1S/C23H24N2O4/c1-13-18-16-12-15(26)6-7-17(16)29-21(18)14(2)20-19(13)22(27)25(23(20)28)11-10-24-8-4-3-5-9-24/h6-7,12,26H,3-5,8-11H2,1-2H3. The number of hydrogen-bond donors (Lipinski definition) is 1. The summed E-state index contributed by atoms with van der Waals surface area (Å²) in [5.74, 6) is -0.310. The van der Waals surface area contributed by atoms with Gasteiger partial charge in [-0.2, -0.15) is 0 Å². The Morgan fingerprint density at radius 3 is 2.38 bits per heavy atom. The van der Waals surface area contributed by atoms with E-state index in [0.29, 0.717) is 34.4 Å². The summed E-state index contributed by atoms with van der Waals surface area (Å²) in [6.07, 6.45) is 3.61. The molecule has 1 aromatic heterocycles. The van der Waals surface area contributed by atoms with Crippen LogP contribution in [0.4, 0.5) is 0 Å². The van der Waals surface area contributed by atoms with E-state index >= 15 is 0 Å². The first-order valence-electron chi connectivity index (χ1n) is 10.2. The monoisotopic (exact) mass is 392 g/mol. The Kier molecular flexibility index (Phi) is 4.13. The molecule has 1 saturated heterocycles. The van der Waals surface area contributed by atoms with Gasteiger partial charge in [-0.1, -0.05) is 6.42 Å². The van der Waals surface area contributed by atoms with Gasteiger partial charge in [-0.25, -0.2) is 0 Å². The van der Waals surface area contributed by atoms with Crippen LogP contribution in [0.2, 0.25) is 0 Å². The van der Waals surface area contributed by atoms with Crippen LogP contribution in [-0.4, -0.2) is 52.9 Å². The molecular weight excluding hydrogens is 368 g/mol. The Morgan fingerprint density at radius 2 is 1.66 bits per heavy atom. The number of carbonyl (C=O) groups is 2. The average Bonchev–Trinajstić information content (AvgIpc) is 3.21. The van der Waals surface area contributed by atoms with E-state index in [0.717, 1.165) is 36.0 Å². The van der Waals surface area contributed by atoms with E-state index < -0.39 is 0 Å². The maximum atomic E-state index is 13.2. The van der Waals surface area contributed by atoms with Crippen LogP contribution in [0.25, 0.3) is 21.9 Å². The number of aromatic hydroxyl groups is 1. The first-order chi connectivity index (χ1) is 14.0. The van der Waals surface area contributed by atoms with Gasteiger partial charge in [0.25, 0.3) is 11.8 Å². The molecule has 29 heavy (non-hydrogen) atoms. The number of amides is 2. The van der Waals surface area contributed by atoms with E-state index in [-0.39, 0.29) is 17.6 Å². The molecule has 2 aromatic carbocycles. The number of furan rings is 1. The molecule has 1 fully saturated rings. The van der Waals surface area contributed by atoms with Crippen molar-refractivity contribution in [2.75, 3.05) is 26.2 Å². The zero-order chi connectivity index (χ0) is 20.3. The Hall–Kier alpha value is -2.86. The summed E-state index contributed by atoms with van der Waals surface area (Å²) < 4.78 is 6.02. The van der Waals surface area contributed by atoms with Crippen molar-refractivity contribution in [1.29, 1.82) is 0 Å². The largest absolute Gasteiger partial charge is 0.508 e. The number of fused-ring (bicyclic) bond motifs is 4. The third-order valence-corrected chi connectivity index (χ3v) is 6.39. The molecule has 2 aliphatic rings. The molecule has 0 atom stereocenters. The molecule has 0 bridgehead atoms. The second-order valence-electron chi connectivity index (χ2n) is 8.15. The molecule has 0 saturated carbocycles. The highest BCUT2D eigenvalue weighted by atomic mass is 16.3. The lowest BCUT2D eigenvalue weighted by atomic mass is 9.94. The van der Waals surface area contributed by atoms with Crippen LogP contribution in [-0.2, 0) is 0 Å². The molecule has 6 heteroatoms. The second kappa shape index (κ2) is 6.59. The molecule has 0 aliphatic carbocycles. The normalized spacial score (nSPS) is 17.7.